The monoisotopic (exact) mass is 339 g/mol. The Bertz CT molecular complexity index is 742. The van der Waals surface area contributed by atoms with E-state index in [2.05, 4.69) is 14.7 Å². The third-order valence-corrected chi connectivity index (χ3v) is 3.79. The van der Waals surface area contributed by atoms with Gasteiger partial charge in [-0.3, -0.25) is 4.79 Å². The first kappa shape index (κ1) is 15.6. The lowest BCUT2D eigenvalue weighted by molar-refractivity contribution is -0.0495. The number of ether oxygens (including phenoxy) is 1. The molecule has 1 amide bonds. The number of carbonyl (C=O) groups excluding carboxylic acids is 1. The van der Waals surface area contributed by atoms with Crippen molar-refractivity contribution < 1.29 is 18.3 Å². The van der Waals surface area contributed by atoms with Gasteiger partial charge in [-0.05, 0) is 24.5 Å². The Kier molecular flexibility index (Phi) is 4.38. The van der Waals surface area contributed by atoms with Crippen molar-refractivity contribution in [3.05, 3.63) is 47.0 Å². The van der Waals surface area contributed by atoms with Crippen molar-refractivity contribution in [2.75, 3.05) is 11.4 Å². The van der Waals surface area contributed by atoms with Gasteiger partial charge in [0.1, 0.15) is 12.1 Å². The molecule has 1 aliphatic rings. The minimum Gasteiger partial charge on any atom is -0.433 e. The molecule has 23 heavy (non-hydrogen) atoms. The predicted octanol–water partition coefficient (Wildman–Crippen LogP) is 3.32. The Hall–Kier alpha value is -2.28. The second-order valence-electron chi connectivity index (χ2n) is 4.92. The van der Waals surface area contributed by atoms with E-state index in [1.54, 1.807) is 12.1 Å². The lowest BCUT2D eigenvalue weighted by atomic mass is 10.0. The van der Waals surface area contributed by atoms with Crippen molar-refractivity contribution in [1.29, 1.82) is 0 Å². The van der Waals surface area contributed by atoms with Crippen LogP contribution in [0.3, 0.4) is 0 Å². The second-order valence-corrected chi connectivity index (χ2v) is 5.33. The Morgan fingerprint density at radius 2 is 2.22 bits per heavy atom. The number of para-hydroxylation sites is 1. The zero-order valence-corrected chi connectivity index (χ0v) is 12.6. The largest absolute Gasteiger partial charge is 0.433 e. The van der Waals surface area contributed by atoms with E-state index in [1.807, 2.05) is 0 Å². The van der Waals surface area contributed by atoms with Gasteiger partial charge in [-0.1, -0.05) is 23.7 Å². The number of fused-ring (bicyclic) bond motifs is 1. The van der Waals surface area contributed by atoms with Crippen LogP contribution >= 0.6 is 11.6 Å². The maximum Gasteiger partial charge on any atom is 0.387 e. The molecule has 5 nitrogen and oxygen atoms in total. The smallest absolute Gasteiger partial charge is 0.387 e. The first-order valence-electron chi connectivity index (χ1n) is 6.92. The molecule has 0 spiro atoms. The number of alkyl halides is 2. The third kappa shape index (κ3) is 3.10. The van der Waals surface area contributed by atoms with Gasteiger partial charge in [0.2, 0.25) is 0 Å². The van der Waals surface area contributed by atoms with Gasteiger partial charge in [-0.25, -0.2) is 9.97 Å². The highest BCUT2D eigenvalue weighted by atomic mass is 35.5. The SMILES string of the molecule is O=C(c1ncncc1Cl)N1CCCc2cccc(OC(F)F)c21. The standard InChI is InChI=1S/C15H12ClF2N3O2/c16-10-7-19-8-20-12(10)14(22)21-6-2-4-9-3-1-5-11(13(9)21)23-15(17)18/h1,3,5,7-8,15H,2,4,6H2. The zero-order chi connectivity index (χ0) is 16.4. The molecule has 1 aromatic heterocycles. The van der Waals surface area contributed by atoms with Crippen LogP contribution in [0.25, 0.3) is 0 Å². The number of anilines is 1. The first-order valence-corrected chi connectivity index (χ1v) is 7.30. The maximum atomic E-state index is 12.7. The topological polar surface area (TPSA) is 55.3 Å². The molecule has 2 heterocycles. The lowest BCUT2D eigenvalue weighted by Gasteiger charge is -2.31. The van der Waals surface area contributed by atoms with Crippen LogP contribution < -0.4 is 9.64 Å². The summed E-state index contributed by atoms with van der Waals surface area (Å²) in [6.45, 7) is -2.60. The summed E-state index contributed by atoms with van der Waals surface area (Å²) in [6.07, 6.45) is 3.91. The van der Waals surface area contributed by atoms with Crippen LogP contribution in [-0.2, 0) is 6.42 Å². The number of aromatic nitrogens is 2. The average Bonchev–Trinajstić information content (AvgIpc) is 2.54. The highest BCUT2D eigenvalue weighted by Gasteiger charge is 2.29. The van der Waals surface area contributed by atoms with Crippen molar-refractivity contribution in [2.45, 2.75) is 19.5 Å². The van der Waals surface area contributed by atoms with Crippen molar-refractivity contribution in [1.82, 2.24) is 9.97 Å². The summed E-state index contributed by atoms with van der Waals surface area (Å²) < 4.78 is 29.8. The fourth-order valence-electron chi connectivity index (χ4n) is 2.61. The van der Waals surface area contributed by atoms with Gasteiger partial charge in [0.05, 0.1) is 10.7 Å². The molecule has 0 saturated heterocycles. The van der Waals surface area contributed by atoms with Gasteiger partial charge in [0.25, 0.3) is 5.91 Å². The number of carbonyl (C=O) groups is 1. The van der Waals surface area contributed by atoms with E-state index in [0.29, 0.717) is 25.1 Å². The fourth-order valence-corrected chi connectivity index (χ4v) is 2.79. The quantitative estimate of drug-likeness (QED) is 0.860. The molecule has 0 radical (unpaired) electrons. The Morgan fingerprint density at radius 1 is 1.39 bits per heavy atom. The summed E-state index contributed by atoms with van der Waals surface area (Å²) >= 11 is 5.97. The number of halogens is 3. The van der Waals surface area contributed by atoms with E-state index in [-0.39, 0.29) is 16.5 Å². The summed E-state index contributed by atoms with van der Waals surface area (Å²) in [7, 11) is 0. The molecule has 0 saturated carbocycles. The van der Waals surface area contributed by atoms with E-state index in [1.165, 1.54) is 23.5 Å². The number of nitrogens with zero attached hydrogens (tertiary/aromatic N) is 3. The third-order valence-electron chi connectivity index (χ3n) is 3.51. The van der Waals surface area contributed by atoms with Crippen LogP contribution in [-0.4, -0.2) is 29.0 Å². The van der Waals surface area contributed by atoms with Crippen LogP contribution in [0.15, 0.2) is 30.7 Å². The molecular weight excluding hydrogens is 328 g/mol. The molecule has 8 heteroatoms. The molecular formula is C15H12ClF2N3O2. The summed E-state index contributed by atoms with van der Waals surface area (Å²) in [5.41, 5.74) is 1.15. The van der Waals surface area contributed by atoms with E-state index < -0.39 is 12.5 Å². The number of hydrogen-bond donors (Lipinski definition) is 0. The second kappa shape index (κ2) is 6.45. The normalized spacial score (nSPS) is 13.8. The van der Waals surface area contributed by atoms with Gasteiger partial charge < -0.3 is 9.64 Å². The highest BCUT2D eigenvalue weighted by Crippen LogP contribution is 2.38. The average molecular weight is 340 g/mol. The minimum atomic E-state index is -2.97. The van der Waals surface area contributed by atoms with Gasteiger partial charge in [-0.2, -0.15) is 8.78 Å². The minimum absolute atomic E-state index is 0.0290. The van der Waals surface area contributed by atoms with Crippen LogP contribution in [0.1, 0.15) is 22.5 Å². The summed E-state index contributed by atoms with van der Waals surface area (Å²) in [4.78, 5) is 21.7. The molecule has 0 aliphatic carbocycles. The molecule has 0 atom stereocenters. The fraction of sp³-hybridized carbons (Fsp3) is 0.267. The molecule has 0 fully saturated rings. The van der Waals surface area contributed by atoms with E-state index in [4.69, 9.17) is 11.6 Å². The van der Waals surface area contributed by atoms with E-state index >= 15 is 0 Å². The molecule has 0 unspecified atom stereocenters. The van der Waals surface area contributed by atoms with Crippen molar-refractivity contribution in [3.63, 3.8) is 0 Å². The molecule has 1 aliphatic heterocycles. The van der Waals surface area contributed by atoms with Crippen molar-refractivity contribution >= 4 is 23.2 Å². The predicted molar refractivity (Wildman–Crippen MR) is 80.1 cm³/mol. The highest BCUT2D eigenvalue weighted by molar-refractivity contribution is 6.34. The van der Waals surface area contributed by atoms with Crippen LogP contribution in [0.4, 0.5) is 14.5 Å². The van der Waals surface area contributed by atoms with Crippen LogP contribution in [0.5, 0.6) is 5.75 Å². The number of hydrogen-bond acceptors (Lipinski definition) is 4. The molecule has 2 aromatic rings. The Labute approximate surface area is 135 Å². The number of aryl methyl sites for hydroxylation is 1. The number of amides is 1. The maximum absolute atomic E-state index is 12.7. The summed E-state index contributed by atoms with van der Waals surface area (Å²) in [5.74, 6) is -0.501. The molecule has 120 valence electrons. The van der Waals surface area contributed by atoms with Crippen LogP contribution in [0, 0.1) is 0 Å². The molecule has 3 rings (SSSR count). The van der Waals surface area contributed by atoms with Gasteiger partial charge >= 0.3 is 6.61 Å². The van der Waals surface area contributed by atoms with Gasteiger partial charge in [-0.15, -0.1) is 0 Å². The van der Waals surface area contributed by atoms with Crippen molar-refractivity contribution in [3.8, 4) is 5.75 Å². The summed E-state index contributed by atoms with van der Waals surface area (Å²) in [6, 6.07) is 4.83. The number of benzene rings is 1. The van der Waals surface area contributed by atoms with Crippen LogP contribution in [0.2, 0.25) is 5.02 Å². The summed E-state index contributed by atoms with van der Waals surface area (Å²) in [5, 5.41) is 0.108. The molecule has 0 N–H and O–H groups in total. The van der Waals surface area contributed by atoms with E-state index in [0.717, 1.165) is 5.56 Å². The molecule has 0 bridgehead atoms. The molecule has 1 aromatic carbocycles. The van der Waals surface area contributed by atoms with Gasteiger partial charge in [0, 0.05) is 12.7 Å². The Morgan fingerprint density at radius 3 is 2.96 bits per heavy atom. The Balaban J connectivity index is 2.04. The zero-order valence-electron chi connectivity index (χ0n) is 11.9. The van der Waals surface area contributed by atoms with E-state index in [9.17, 15) is 13.6 Å². The van der Waals surface area contributed by atoms with Crippen molar-refractivity contribution in [2.24, 2.45) is 0 Å². The van der Waals surface area contributed by atoms with Gasteiger partial charge in [0.15, 0.2) is 5.69 Å². The first-order chi connectivity index (χ1) is 11.1. The lowest BCUT2D eigenvalue weighted by Crippen LogP contribution is -2.36. The number of rotatable bonds is 3.